The summed E-state index contributed by atoms with van der Waals surface area (Å²) < 4.78 is 0. The smallest absolute Gasteiger partial charge is 0.293 e. The lowest BCUT2D eigenvalue weighted by atomic mass is 9.87. The molecular weight excluding hydrogens is 271 g/mol. The predicted molar refractivity (Wildman–Crippen MR) is 84.0 cm³/mol. The quantitative estimate of drug-likeness (QED) is 0.398. The molecule has 1 aromatic heterocycles. The van der Waals surface area contributed by atoms with Crippen molar-refractivity contribution >= 4 is 30.7 Å². The topological polar surface area (TPSA) is 50.3 Å². The summed E-state index contributed by atoms with van der Waals surface area (Å²) in [6.45, 7) is 6.20. The summed E-state index contributed by atoms with van der Waals surface area (Å²) >= 11 is 1.42. The maximum Gasteiger partial charge on any atom is 0.293 e. The molecule has 0 bridgehead atoms. The maximum atomic E-state index is 12.3. The number of carbonyl (C=O) groups is 2. The zero-order valence-electron chi connectivity index (χ0n) is 12.6. The first-order valence-corrected chi connectivity index (χ1v) is 7.85. The highest BCUT2D eigenvalue weighted by molar-refractivity contribution is 7.11. The third kappa shape index (κ3) is 4.83. The van der Waals surface area contributed by atoms with Gasteiger partial charge in [-0.3, -0.25) is 4.79 Å². The SMILES string of the molecule is CCCc1csc(C(=O)CC(C(C)C)N(C)[B]C=O)n1. The number of nitrogens with zero attached hydrogens (tertiary/aromatic N) is 2. The minimum absolute atomic E-state index is 0.0197. The zero-order valence-corrected chi connectivity index (χ0v) is 13.4. The molecule has 0 saturated heterocycles. The molecule has 0 amide bonds. The highest BCUT2D eigenvalue weighted by atomic mass is 32.1. The number of aryl methyl sites for hydroxylation is 1. The van der Waals surface area contributed by atoms with Gasteiger partial charge in [0.05, 0.1) is 11.9 Å². The molecule has 1 radical (unpaired) electrons. The Balaban J connectivity index is 2.71. The second-order valence-corrected chi connectivity index (χ2v) is 6.14. The van der Waals surface area contributed by atoms with Crippen molar-refractivity contribution in [3.05, 3.63) is 16.1 Å². The predicted octanol–water partition coefficient (Wildman–Crippen LogP) is 2.43. The van der Waals surface area contributed by atoms with Crippen molar-refractivity contribution in [2.24, 2.45) is 5.92 Å². The normalized spacial score (nSPS) is 12.7. The second-order valence-electron chi connectivity index (χ2n) is 5.28. The van der Waals surface area contributed by atoms with E-state index in [2.05, 4.69) is 25.8 Å². The first-order chi connectivity index (χ1) is 9.49. The van der Waals surface area contributed by atoms with E-state index in [-0.39, 0.29) is 17.7 Å². The lowest BCUT2D eigenvalue weighted by Crippen LogP contribution is -2.40. The molecule has 1 unspecified atom stereocenters. The molecule has 0 aliphatic carbocycles. The van der Waals surface area contributed by atoms with Crippen LogP contribution in [0.3, 0.4) is 0 Å². The highest BCUT2D eigenvalue weighted by Crippen LogP contribution is 2.18. The van der Waals surface area contributed by atoms with Crippen LogP contribution < -0.4 is 0 Å². The molecule has 1 atom stereocenters. The lowest BCUT2D eigenvalue weighted by molar-refractivity contribution is 0.0942. The van der Waals surface area contributed by atoms with E-state index in [4.69, 9.17) is 0 Å². The molecule has 0 aliphatic heterocycles. The number of Topliss-reactive ketones (excluding diaryl/α,β-unsaturated/α-hetero) is 1. The standard InChI is InChI=1S/C14H22BN2O2S/c1-5-6-11-8-20-14(16-11)13(19)7-12(10(2)3)17(4)15-9-18/h8-10,12H,5-7H2,1-4H3. The van der Waals surface area contributed by atoms with E-state index in [1.54, 1.807) is 0 Å². The molecule has 0 saturated carbocycles. The highest BCUT2D eigenvalue weighted by Gasteiger charge is 2.24. The van der Waals surface area contributed by atoms with Crippen LogP contribution in [0.25, 0.3) is 0 Å². The summed E-state index contributed by atoms with van der Waals surface area (Å²) in [6.07, 6.45) is 3.08. The molecule has 6 heteroatoms. The van der Waals surface area contributed by atoms with Crippen LogP contribution >= 0.6 is 11.3 Å². The minimum Gasteiger partial charge on any atom is -0.339 e. The number of ketones is 1. The van der Waals surface area contributed by atoms with Crippen molar-refractivity contribution in [2.45, 2.75) is 46.1 Å². The molecule has 0 aliphatic rings. The second kappa shape index (κ2) is 8.32. The number of carbonyl (C=O) groups excluding carboxylic acids is 2. The van der Waals surface area contributed by atoms with E-state index >= 15 is 0 Å². The van der Waals surface area contributed by atoms with Crippen LogP contribution in [-0.2, 0) is 11.2 Å². The van der Waals surface area contributed by atoms with Gasteiger partial charge in [-0.15, -0.1) is 11.3 Å². The molecule has 109 valence electrons. The number of hydrogen-bond donors (Lipinski definition) is 0. The fraction of sp³-hybridized carbons (Fsp3) is 0.643. The van der Waals surface area contributed by atoms with Crippen molar-refractivity contribution in [2.75, 3.05) is 7.05 Å². The van der Waals surface area contributed by atoms with E-state index in [1.807, 2.05) is 17.2 Å². The molecule has 1 aromatic rings. The van der Waals surface area contributed by atoms with Crippen LogP contribution in [-0.4, -0.2) is 42.3 Å². The summed E-state index contributed by atoms with van der Waals surface area (Å²) in [5.74, 6) is 0.345. The maximum absolute atomic E-state index is 12.3. The van der Waals surface area contributed by atoms with Crippen LogP contribution in [0.4, 0.5) is 0 Å². The molecule has 20 heavy (non-hydrogen) atoms. The van der Waals surface area contributed by atoms with E-state index in [1.165, 1.54) is 18.8 Å². The number of thiazole rings is 1. The van der Waals surface area contributed by atoms with Gasteiger partial charge in [0.2, 0.25) is 0 Å². The van der Waals surface area contributed by atoms with E-state index < -0.39 is 0 Å². The third-order valence-electron chi connectivity index (χ3n) is 3.28. The molecule has 1 heterocycles. The van der Waals surface area contributed by atoms with Gasteiger partial charge in [-0.2, -0.15) is 0 Å². The molecule has 0 N–H and O–H groups in total. The fourth-order valence-corrected chi connectivity index (χ4v) is 2.94. The van der Waals surface area contributed by atoms with E-state index in [0.29, 0.717) is 11.4 Å². The van der Waals surface area contributed by atoms with Gasteiger partial charge < -0.3 is 9.61 Å². The Morgan fingerprint density at radius 1 is 1.55 bits per heavy atom. The van der Waals surface area contributed by atoms with Crippen molar-refractivity contribution < 1.29 is 9.59 Å². The van der Waals surface area contributed by atoms with Crippen LogP contribution in [0.2, 0.25) is 0 Å². The summed E-state index contributed by atoms with van der Waals surface area (Å²) in [5, 5.41) is 2.54. The van der Waals surface area contributed by atoms with E-state index in [0.717, 1.165) is 24.7 Å². The number of rotatable bonds is 9. The number of hydrogen-bond acceptors (Lipinski definition) is 5. The Hall–Kier alpha value is -1.01. The van der Waals surface area contributed by atoms with Crippen LogP contribution in [0, 0.1) is 5.92 Å². The molecule has 0 spiro atoms. The average molecular weight is 293 g/mol. The summed E-state index contributed by atoms with van der Waals surface area (Å²) in [7, 11) is 3.30. The Bertz CT molecular complexity index is 448. The summed E-state index contributed by atoms with van der Waals surface area (Å²) in [5.41, 5.74) is 0.995. The molecular formula is C14H22BN2O2S. The third-order valence-corrected chi connectivity index (χ3v) is 4.21. The molecule has 1 rings (SSSR count). The number of aromatic nitrogens is 1. The van der Waals surface area contributed by atoms with Gasteiger partial charge in [-0.25, -0.2) is 4.98 Å². The van der Waals surface area contributed by atoms with Crippen molar-refractivity contribution in [3.8, 4) is 0 Å². The van der Waals surface area contributed by atoms with Gasteiger partial charge in [0.15, 0.2) is 10.8 Å². The summed E-state index contributed by atoms with van der Waals surface area (Å²) in [6, 6.07) is 0.0197. The van der Waals surface area contributed by atoms with Gasteiger partial charge in [-0.1, -0.05) is 27.2 Å². The van der Waals surface area contributed by atoms with Gasteiger partial charge in [0.25, 0.3) is 7.41 Å². The van der Waals surface area contributed by atoms with Gasteiger partial charge in [-0.05, 0) is 19.4 Å². The van der Waals surface area contributed by atoms with Gasteiger partial charge >= 0.3 is 0 Å². The first kappa shape index (κ1) is 17.0. The Morgan fingerprint density at radius 2 is 2.25 bits per heavy atom. The van der Waals surface area contributed by atoms with Crippen molar-refractivity contribution in [1.82, 2.24) is 9.79 Å². The van der Waals surface area contributed by atoms with Crippen LogP contribution in [0.1, 0.15) is 49.1 Å². The van der Waals surface area contributed by atoms with Gasteiger partial charge in [0, 0.05) is 17.8 Å². The molecule has 4 nitrogen and oxygen atoms in total. The lowest BCUT2D eigenvalue weighted by Gasteiger charge is -2.28. The van der Waals surface area contributed by atoms with E-state index in [9.17, 15) is 9.59 Å². The van der Waals surface area contributed by atoms with Gasteiger partial charge in [0.1, 0.15) is 0 Å². The Morgan fingerprint density at radius 3 is 2.80 bits per heavy atom. The monoisotopic (exact) mass is 293 g/mol. The van der Waals surface area contributed by atoms with Crippen LogP contribution in [0.5, 0.6) is 0 Å². The Kier molecular flexibility index (Phi) is 7.09. The van der Waals surface area contributed by atoms with Crippen molar-refractivity contribution in [3.63, 3.8) is 0 Å². The molecule has 0 fully saturated rings. The van der Waals surface area contributed by atoms with Crippen molar-refractivity contribution in [1.29, 1.82) is 0 Å². The Labute approximate surface area is 125 Å². The minimum atomic E-state index is 0.0197. The zero-order chi connectivity index (χ0) is 15.1. The summed E-state index contributed by atoms with van der Waals surface area (Å²) in [4.78, 5) is 29.1. The first-order valence-electron chi connectivity index (χ1n) is 6.97. The molecule has 0 aromatic carbocycles. The average Bonchev–Trinajstić information content (AvgIpc) is 2.84. The fourth-order valence-electron chi connectivity index (χ4n) is 2.14. The largest absolute Gasteiger partial charge is 0.339 e. The van der Waals surface area contributed by atoms with Crippen LogP contribution in [0.15, 0.2) is 5.38 Å².